The number of aryl methyl sites for hydroxylation is 1. The van der Waals surface area contributed by atoms with Gasteiger partial charge in [0.15, 0.2) is 5.76 Å². The van der Waals surface area contributed by atoms with Gasteiger partial charge in [-0.3, -0.25) is 9.36 Å². The first kappa shape index (κ1) is 25.0. The monoisotopic (exact) mass is 485 g/mol. The Kier molecular flexibility index (Phi) is 8.76. The van der Waals surface area contributed by atoms with Crippen molar-refractivity contribution < 1.29 is 18.7 Å². The van der Waals surface area contributed by atoms with E-state index in [1.54, 1.807) is 11.5 Å². The molecule has 3 aromatic carbocycles. The van der Waals surface area contributed by atoms with Crippen molar-refractivity contribution >= 4 is 5.97 Å². The molecule has 4 rings (SSSR count). The van der Waals surface area contributed by atoms with E-state index in [1.807, 2.05) is 78.9 Å². The number of ether oxygens (including phenoxy) is 2. The standard InChI is InChI=1S/C30H31NO5/c1-2-34-27(32)19-11-21-35-26-18-9-12-23(22-26)13-10-20-31-28(24-14-5-3-6-15-24)29(36-30(31)33)25-16-7-4-8-17-25/h3-9,12,14-18,22H,2,10-11,13,19-21H2,1H3. The summed E-state index contributed by atoms with van der Waals surface area (Å²) in [6.45, 7) is 3.18. The van der Waals surface area contributed by atoms with Gasteiger partial charge in [-0.05, 0) is 43.9 Å². The largest absolute Gasteiger partial charge is 0.494 e. The molecular formula is C30H31NO5. The fourth-order valence-corrected chi connectivity index (χ4v) is 4.15. The summed E-state index contributed by atoms with van der Waals surface area (Å²) in [7, 11) is 0. The molecule has 1 heterocycles. The van der Waals surface area contributed by atoms with Gasteiger partial charge in [0.05, 0.1) is 18.9 Å². The number of carbonyl (C=O) groups is 1. The van der Waals surface area contributed by atoms with E-state index < -0.39 is 0 Å². The number of carbonyl (C=O) groups excluding carboxylic acids is 1. The number of oxazole rings is 1. The number of aromatic nitrogens is 1. The maximum Gasteiger partial charge on any atom is 0.419 e. The zero-order chi connectivity index (χ0) is 25.2. The molecule has 0 N–H and O–H groups in total. The van der Waals surface area contributed by atoms with Crippen molar-refractivity contribution in [1.29, 1.82) is 0 Å². The van der Waals surface area contributed by atoms with Crippen molar-refractivity contribution in [3.8, 4) is 28.3 Å². The molecule has 6 heteroatoms. The zero-order valence-corrected chi connectivity index (χ0v) is 20.5. The molecule has 36 heavy (non-hydrogen) atoms. The van der Waals surface area contributed by atoms with Crippen molar-refractivity contribution in [3.05, 3.63) is 101 Å². The van der Waals surface area contributed by atoms with Crippen LogP contribution < -0.4 is 10.5 Å². The van der Waals surface area contributed by atoms with Crippen molar-refractivity contribution in [2.75, 3.05) is 13.2 Å². The molecule has 6 nitrogen and oxygen atoms in total. The van der Waals surface area contributed by atoms with Gasteiger partial charge in [-0.2, -0.15) is 0 Å². The zero-order valence-electron chi connectivity index (χ0n) is 20.5. The van der Waals surface area contributed by atoms with Crippen LogP contribution in [0.15, 0.2) is 94.1 Å². The lowest BCUT2D eigenvalue weighted by Crippen LogP contribution is -2.16. The molecule has 0 saturated heterocycles. The number of hydrogen-bond donors (Lipinski definition) is 0. The Bertz CT molecular complexity index is 1310. The summed E-state index contributed by atoms with van der Waals surface area (Å²) in [4.78, 5) is 24.3. The molecule has 4 aromatic rings. The van der Waals surface area contributed by atoms with E-state index in [9.17, 15) is 9.59 Å². The first-order chi connectivity index (χ1) is 17.7. The van der Waals surface area contributed by atoms with E-state index >= 15 is 0 Å². The van der Waals surface area contributed by atoms with Crippen molar-refractivity contribution in [2.24, 2.45) is 0 Å². The summed E-state index contributed by atoms with van der Waals surface area (Å²) in [5, 5.41) is 0. The average molecular weight is 486 g/mol. The maximum absolute atomic E-state index is 12.9. The van der Waals surface area contributed by atoms with Crippen LogP contribution in [0, 0.1) is 0 Å². The number of nitrogens with zero attached hydrogens (tertiary/aromatic N) is 1. The predicted octanol–water partition coefficient (Wildman–Crippen LogP) is 6.13. The minimum absolute atomic E-state index is 0.199. The summed E-state index contributed by atoms with van der Waals surface area (Å²) < 4.78 is 18.2. The van der Waals surface area contributed by atoms with Crippen LogP contribution in [0.2, 0.25) is 0 Å². The van der Waals surface area contributed by atoms with Crippen molar-refractivity contribution in [1.82, 2.24) is 4.57 Å². The third-order valence-corrected chi connectivity index (χ3v) is 5.82. The molecule has 0 atom stereocenters. The average Bonchev–Trinajstić information content (AvgIpc) is 3.24. The Morgan fingerprint density at radius 2 is 1.61 bits per heavy atom. The summed E-state index contributed by atoms with van der Waals surface area (Å²) in [6.07, 6.45) is 2.51. The van der Waals surface area contributed by atoms with Crippen LogP contribution in [0.25, 0.3) is 22.6 Å². The molecule has 0 bridgehead atoms. The molecule has 186 valence electrons. The lowest BCUT2D eigenvalue weighted by atomic mass is 10.1. The van der Waals surface area contributed by atoms with Gasteiger partial charge in [-0.25, -0.2) is 4.79 Å². The smallest absolute Gasteiger partial charge is 0.419 e. The number of hydrogen-bond acceptors (Lipinski definition) is 5. The first-order valence-corrected chi connectivity index (χ1v) is 12.4. The minimum Gasteiger partial charge on any atom is -0.494 e. The van der Waals surface area contributed by atoms with E-state index in [-0.39, 0.29) is 11.7 Å². The van der Waals surface area contributed by atoms with Crippen LogP contribution >= 0.6 is 0 Å². The van der Waals surface area contributed by atoms with E-state index in [0.717, 1.165) is 41.0 Å². The molecule has 0 aliphatic heterocycles. The quantitative estimate of drug-likeness (QED) is 0.178. The Balaban J connectivity index is 1.43. The van der Waals surface area contributed by atoms with Gasteiger partial charge in [-0.1, -0.05) is 72.8 Å². The van der Waals surface area contributed by atoms with Crippen molar-refractivity contribution in [2.45, 2.75) is 39.2 Å². The number of esters is 1. The summed E-state index contributed by atoms with van der Waals surface area (Å²) >= 11 is 0. The molecule has 0 spiro atoms. The Morgan fingerprint density at radius 3 is 2.33 bits per heavy atom. The van der Waals surface area contributed by atoms with E-state index in [1.165, 1.54) is 0 Å². The topological polar surface area (TPSA) is 70.7 Å². The molecular weight excluding hydrogens is 454 g/mol. The highest BCUT2D eigenvalue weighted by Crippen LogP contribution is 2.31. The third kappa shape index (κ3) is 6.54. The Hall–Kier alpha value is -4.06. The van der Waals surface area contributed by atoms with E-state index in [2.05, 4.69) is 6.07 Å². The van der Waals surface area contributed by atoms with E-state index in [0.29, 0.717) is 38.4 Å². The second-order valence-electron chi connectivity index (χ2n) is 8.44. The van der Waals surface area contributed by atoms with Gasteiger partial charge in [0.1, 0.15) is 5.75 Å². The minimum atomic E-state index is -0.355. The Labute approximate surface area is 211 Å². The normalized spacial score (nSPS) is 10.8. The highest BCUT2D eigenvalue weighted by atomic mass is 16.5. The number of benzene rings is 3. The lowest BCUT2D eigenvalue weighted by molar-refractivity contribution is -0.143. The second kappa shape index (κ2) is 12.6. The first-order valence-electron chi connectivity index (χ1n) is 12.4. The van der Waals surface area contributed by atoms with Crippen LogP contribution in [0.5, 0.6) is 5.75 Å². The lowest BCUT2D eigenvalue weighted by Gasteiger charge is -2.10. The molecule has 0 unspecified atom stereocenters. The molecule has 0 radical (unpaired) electrons. The van der Waals surface area contributed by atoms with E-state index in [4.69, 9.17) is 13.9 Å². The molecule has 0 saturated carbocycles. The molecule has 0 aliphatic carbocycles. The number of rotatable bonds is 12. The van der Waals surface area contributed by atoms with Crippen LogP contribution in [0.1, 0.15) is 31.7 Å². The molecule has 0 fully saturated rings. The predicted molar refractivity (Wildman–Crippen MR) is 140 cm³/mol. The van der Waals surface area contributed by atoms with Crippen LogP contribution in [-0.4, -0.2) is 23.8 Å². The highest BCUT2D eigenvalue weighted by molar-refractivity contribution is 5.77. The van der Waals surface area contributed by atoms with Crippen LogP contribution in [-0.2, 0) is 22.5 Å². The van der Waals surface area contributed by atoms with Crippen LogP contribution in [0.4, 0.5) is 0 Å². The van der Waals surface area contributed by atoms with Crippen LogP contribution in [0.3, 0.4) is 0 Å². The van der Waals surface area contributed by atoms with Gasteiger partial charge in [0.2, 0.25) is 0 Å². The Morgan fingerprint density at radius 1 is 0.889 bits per heavy atom. The molecule has 1 aromatic heterocycles. The summed E-state index contributed by atoms with van der Waals surface area (Å²) in [5.41, 5.74) is 3.74. The summed E-state index contributed by atoms with van der Waals surface area (Å²) in [5.74, 6) is 0.805. The molecule has 0 amide bonds. The van der Waals surface area contributed by atoms with Gasteiger partial charge < -0.3 is 13.9 Å². The summed E-state index contributed by atoms with van der Waals surface area (Å²) in [6, 6.07) is 27.5. The fraction of sp³-hybridized carbons (Fsp3) is 0.267. The second-order valence-corrected chi connectivity index (χ2v) is 8.44. The van der Waals surface area contributed by atoms with Gasteiger partial charge in [-0.15, -0.1) is 0 Å². The van der Waals surface area contributed by atoms with Crippen molar-refractivity contribution in [3.63, 3.8) is 0 Å². The molecule has 0 aliphatic rings. The highest BCUT2D eigenvalue weighted by Gasteiger charge is 2.19. The fourth-order valence-electron chi connectivity index (χ4n) is 4.15. The van der Waals surface area contributed by atoms with Gasteiger partial charge in [0.25, 0.3) is 0 Å². The SMILES string of the molecule is CCOC(=O)CCCOc1cccc(CCCn2c(-c3ccccc3)c(-c3ccccc3)oc2=O)c1. The maximum atomic E-state index is 12.9. The van der Waals surface area contributed by atoms with Gasteiger partial charge in [0, 0.05) is 24.1 Å². The third-order valence-electron chi connectivity index (χ3n) is 5.82. The van der Waals surface area contributed by atoms with Gasteiger partial charge >= 0.3 is 11.7 Å².